The smallest absolute Gasteiger partial charge is 0.130 e. The molecule has 0 bridgehead atoms. The Morgan fingerprint density at radius 2 is 1.88 bits per heavy atom. The van der Waals surface area contributed by atoms with Gasteiger partial charge in [0, 0.05) is 13.6 Å². The van der Waals surface area contributed by atoms with Crippen molar-refractivity contribution in [3.05, 3.63) is 53.1 Å². The number of ether oxygens (including phenoxy) is 1. The zero-order chi connectivity index (χ0) is 19.3. The molecule has 1 N–H and O–H groups in total. The Kier molecular flexibility index (Phi) is 6.81. The quantitative estimate of drug-likeness (QED) is 0.535. The van der Waals surface area contributed by atoms with Gasteiger partial charge in [-0.2, -0.15) is 0 Å². The normalized spacial score (nSPS) is 12.6. The number of aliphatic hydroxyl groups excluding tert-OH is 1. The lowest BCUT2D eigenvalue weighted by Gasteiger charge is -2.17. The van der Waals surface area contributed by atoms with Crippen molar-refractivity contribution in [3.8, 4) is 11.5 Å². The van der Waals surface area contributed by atoms with Gasteiger partial charge in [0.25, 0.3) is 0 Å². The van der Waals surface area contributed by atoms with Crippen LogP contribution in [0.3, 0.4) is 0 Å². The van der Waals surface area contributed by atoms with Crippen LogP contribution in [0, 0.1) is 19.8 Å². The topological polar surface area (TPSA) is 45.1 Å². The summed E-state index contributed by atoms with van der Waals surface area (Å²) in [4.78, 5) is 6.59. The minimum absolute atomic E-state index is 0.160. The second kappa shape index (κ2) is 8.86. The lowest BCUT2D eigenvalue weighted by Crippen LogP contribution is -2.14. The summed E-state index contributed by atoms with van der Waals surface area (Å²) in [5, 5.41) is 10.3. The third-order valence-electron chi connectivity index (χ3n) is 4.45. The third kappa shape index (κ3) is 5.09. The van der Waals surface area contributed by atoms with Gasteiger partial charge in [-0.25, -0.2) is 4.99 Å². The molecule has 1 unspecified atom stereocenters. The average molecular weight is 354 g/mol. The van der Waals surface area contributed by atoms with Gasteiger partial charge in [0.1, 0.15) is 11.5 Å². The fraction of sp³-hybridized carbons (Fsp3) is 0.409. The Balaban J connectivity index is 2.24. The summed E-state index contributed by atoms with van der Waals surface area (Å²) in [6.45, 7) is 11.1. The SMILES string of the molecule is CCN(C)/C=N/c1cc(C)c(Oc2cccc(C(O)C(C)C)c2)cc1C. The molecule has 0 saturated heterocycles. The number of rotatable bonds is 7. The van der Waals surface area contributed by atoms with Gasteiger partial charge in [-0.3, -0.25) is 0 Å². The summed E-state index contributed by atoms with van der Waals surface area (Å²) in [7, 11) is 2.00. The maximum absolute atomic E-state index is 10.3. The first-order valence-electron chi connectivity index (χ1n) is 9.13. The van der Waals surface area contributed by atoms with E-state index in [2.05, 4.69) is 11.9 Å². The summed E-state index contributed by atoms with van der Waals surface area (Å²) in [6, 6.07) is 11.7. The number of aryl methyl sites for hydroxylation is 2. The predicted octanol–water partition coefficient (Wildman–Crippen LogP) is 5.40. The van der Waals surface area contributed by atoms with Crippen molar-refractivity contribution in [3.63, 3.8) is 0 Å². The molecule has 2 aromatic carbocycles. The molecule has 1 atom stereocenters. The number of aliphatic imine (C=N–C) groups is 1. The largest absolute Gasteiger partial charge is 0.457 e. The van der Waals surface area contributed by atoms with Crippen LogP contribution in [0.5, 0.6) is 11.5 Å². The van der Waals surface area contributed by atoms with Crippen LogP contribution in [0.2, 0.25) is 0 Å². The average Bonchev–Trinajstić information content (AvgIpc) is 2.62. The lowest BCUT2D eigenvalue weighted by molar-refractivity contribution is 0.126. The van der Waals surface area contributed by atoms with E-state index in [1.54, 1.807) is 0 Å². The van der Waals surface area contributed by atoms with Crippen molar-refractivity contribution in [2.45, 2.75) is 40.7 Å². The summed E-state index contributed by atoms with van der Waals surface area (Å²) < 4.78 is 6.09. The molecule has 0 radical (unpaired) electrons. The van der Waals surface area contributed by atoms with E-state index >= 15 is 0 Å². The highest BCUT2D eigenvalue weighted by Gasteiger charge is 2.13. The Morgan fingerprint density at radius 1 is 1.15 bits per heavy atom. The predicted molar refractivity (Wildman–Crippen MR) is 109 cm³/mol. The van der Waals surface area contributed by atoms with Crippen molar-refractivity contribution < 1.29 is 9.84 Å². The molecule has 4 heteroatoms. The molecule has 0 heterocycles. The molecular formula is C22H30N2O2. The summed E-state index contributed by atoms with van der Waals surface area (Å²) in [5.41, 5.74) is 3.90. The van der Waals surface area contributed by atoms with E-state index in [-0.39, 0.29) is 5.92 Å². The van der Waals surface area contributed by atoms with Gasteiger partial charge < -0.3 is 14.7 Å². The molecule has 4 nitrogen and oxygen atoms in total. The van der Waals surface area contributed by atoms with E-state index in [9.17, 15) is 5.11 Å². The number of nitrogens with zero attached hydrogens (tertiary/aromatic N) is 2. The second-order valence-corrected chi connectivity index (χ2v) is 7.09. The first-order chi connectivity index (χ1) is 12.3. The molecule has 0 aliphatic carbocycles. The highest BCUT2D eigenvalue weighted by atomic mass is 16.5. The molecular weight excluding hydrogens is 324 g/mol. The molecule has 2 aromatic rings. The van der Waals surface area contributed by atoms with Gasteiger partial charge in [-0.15, -0.1) is 0 Å². The van der Waals surface area contributed by atoms with E-state index in [0.717, 1.165) is 40.4 Å². The third-order valence-corrected chi connectivity index (χ3v) is 4.45. The summed E-state index contributed by atoms with van der Waals surface area (Å²) in [6.07, 6.45) is 1.35. The zero-order valence-corrected chi connectivity index (χ0v) is 16.7. The summed E-state index contributed by atoms with van der Waals surface area (Å²) in [5.74, 6) is 1.70. The Labute approximate surface area is 157 Å². The monoisotopic (exact) mass is 354 g/mol. The van der Waals surface area contributed by atoms with Crippen LogP contribution < -0.4 is 4.74 Å². The van der Waals surface area contributed by atoms with Crippen molar-refractivity contribution in [2.24, 2.45) is 10.9 Å². The van der Waals surface area contributed by atoms with E-state index in [0.29, 0.717) is 0 Å². The highest BCUT2D eigenvalue weighted by Crippen LogP contribution is 2.33. The maximum Gasteiger partial charge on any atom is 0.130 e. The summed E-state index contributed by atoms with van der Waals surface area (Å²) >= 11 is 0. The van der Waals surface area contributed by atoms with Crippen molar-refractivity contribution in [2.75, 3.05) is 13.6 Å². The van der Waals surface area contributed by atoms with Gasteiger partial charge in [0.05, 0.1) is 18.1 Å². The van der Waals surface area contributed by atoms with Crippen molar-refractivity contribution >= 4 is 12.0 Å². The van der Waals surface area contributed by atoms with E-state index in [1.165, 1.54) is 0 Å². The molecule has 140 valence electrons. The zero-order valence-electron chi connectivity index (χ0n) is 16.7. The molecule has 0 fully saturated rings. The first kappa shape index (κ1) is 20.0. The lowest BCUT2D eigenvalue weighted by atomic mass is 9.99. The first-order valence-corrected chi connectivity index (χ1v) is 9.13. The van der Waals surface area contributed by atoms with Crippen molar-refractivity contribution in [1.82, 2.24) is 4.90 Å². The van der Waals surface area contributed by atoms with Gasteiger partial charge in [-0.1, -0.05) is 26.0 Å². The van der Waals surface area contributed by atoms with E-state index in [4.69, 9.17) is 4.74 Å². The minimum atomic E-state index is -0.492. The molecule has 0 aliphatic heterocycles. The van der Waals surface area contributed by atoms with E-state index in [1.807, 2.05) is 82.4 Å². The molecule has 0 aromatic heterocycles. The van der Waals surface area contributed by atoms with Crippen LogP contribution in [0.4, 0.5) is 5.69 Å². The van der Waals surface area contributed by atoms with Crippen LogP contribution in [-0.4, -0.2) is 29.9 Å². The van der Waals surface area contributed by atoms with Crippen LogP contribution in [0.25, 0.3) is 0 Å². The van der Waals surface area contributed by atoms with Gasteiger partial charge in [0.15, 0.2) is 0 Å². The molecule has 0 saturated carbocycles. The number of hydrogen-bond donors (Lipinski definition) is 1. The van der Waals surface area contributed by atoms with Gasteiger partial charge >= 0.3 is 0 Å². The van der Waals surface area contributed by atoms with Gasteiger partial charge in [0.2, 0.25) is 0 Å². The molecule has 2 rings (SSSR count). The molecule has 0 amide bonds. The Bertz CT molecular complexity index is 769. The van der Waals surface area contributed by atoms with Crippen LogP contribution in [-0.2, 0) is 0 Å². The Hall–Kier alpha value is -2.33. The Morgan fingerprint density at radius 3 is 2.54 bits per heavy atom. The second-order valence-electron chi connectivity index (χ2n) is 7.09. The maximum atomic E-state index is 10.3. The van der Waals surface area contributed by atoms with Gasteiger partial charge in [-0.05, 0) is 67.6 Å². The fourth-order valence-electron chi connectivity index (χ4n) is 2.54. The molecule has 0 spiro atoms. The minimum Gasteiger partial charge on any atom is -0.457 e. The van der Waals surface area contributed by atoms with Crippen LogP contribution in [0.15, 0.2) is 41.4 Å². The molecule has 26 heavy (non-hydrogen) atoms. The number of benzene rings is 2. The fourth-order valence-corrected chi connectivity index (χ4v) is 2.54. The van der Waals surface area contributed by atoms with Crippen LogP contribution in [0.1, 0.15) is 43.6 Å². The van der Waals surface area contributed by atoms with Crippen LogP contribution >= 0.6 is 0 Å². The molecule has 0 aliphatic rings. The highest BCUT2D eigenvalue weighted by molar-refractivity contribution is 5.64. The standard InChI is InChI=1S/C22H30N2O2/c1-7-24(6)14-23-20-11-17(5)21(12-16(20)4)26-19-10-8-9-18(13-19)22(25)15(2)3/h8-15,22,25H,7H2,1-6H3/b23-14+. The number of aliphatic hydroxyl groups is 1. The van der Waals surface area contributed by atoms with E-state index < -0.39 is 6.10 Å². The van der Waals surface area contributed by atoms with Crippen molar-refractivity contribution in [1.29, 1.82) is 0 Å². The number of hydrogen-bond acceptors (Lipinski definition) is 3.